The summed E-state index contributed by atoms with van der Waals surface area (Å²) in [5.41, 5.74) is 0.853. The number of rotatable bonds is 5. The summed E-state index contributed by atoms with van der Waals surface area (Å²) in [6.07, 6.45) is 0. The lowest BCUT2D eigenvalue weighted by Crippen LogP contribution is -2.03. The first kappa shape index (κ1) is 14.3. The highest BCUT2D eigenvalue weighted by molar-refractivity contribution is 6.68. The molecule has 0 atom stereocenters. The van der Waals surface area contributed by atoms with Crippen LogP contribution >= 0.6 is 11.6 Å². The first-order chi connectivity index (χ1) is 9.61. The lowest BCUT2D eigenvalue weighted by Gasteiger charge is -2.13. The van der Waals surface area contributed by atoms with E-state index in [2.05, 4.69) is 0 Å². The van der Waals surface area contributed by atoms with Crippen LogP contribution in [-0.4, -0.2) is 12.4 Å². The average Bonchev–Trinajstić information content (AvgIpc) is 2.44. The lowest BCUT2D eigenvalue weighted by atomic mass is 10.2. The maximum Gasteiger partial charge on any atom is 0.256 e. The van der Waals surface area contributed by atoms with E-state index < -0.39 is 5.24 Å². The Bertz CT molecular complexity index is 628. The van der Waals surface area contributed by atoms with Crippen LogP contribution < -0.4 is 9.47 Å². The van der Waals surface area contributed by atoms with E-state index >= 15 is 0 Å². The summed E-state index contributed by atoms with van der Waals surface area (Å²) < 4.78 is 23.8. The van der Waals surface area contributed by atoms with Gasteiger partial charge in [-0.3, -0.25) is 4.79 Å². The van der Waals surface area contributed by atoms with Crippen LogP contribution in [0.15, 0.2) is 42.5 Å². The van der Waals surface area contributed by atoms with E-state index in [1.165, 1.54) is 19.2 Å². The third-order valence-corrected chi connectivity index (χ3v) is 2.89. The largest absolute Gasteiger partial charge is 0.493 e. The Morgan fingerprint density at radius 2 is 2.00 bits per heavy atom. The molecule has 0 aromatic heterocycles. The van der Waals surface area contributed by atoms with Crippen molar-refractivity contribution < 1.29 is 18.7 Å². The normalized spacial score (nSPS) is 10.2. The first-order valence-electron chi connectivity index (χ1n) is 5.86. The second kappa shape index (κ2) is 6.39. The van der Waals surface area contributed by atoms with Gasteiger partial charge in [0.05, 0.1) is 12.7 Å². The molecule has 3 nitrogen and oxygen atoms in total. The van der Waals surface area contributed by atoms with Gasteiger partial charge in [-0.2, -0.15) is 0 Å². The Morgan fingerprint density at radius 1 is 1.25 bits per heavy atom. The van der Waals surface area contributed by atoms with Crippen LogP contribution in [0.5, 0.6) is 11.5 Å². The molecule has 0 heterocycles. The first-order valence-corrected chi connectivity index (χ1v) is 6.23. The predicted molar refractivity (Wildman–Crippen MR) is 73.9 cm³/mol. The van der Waals surface area contributed by atoms with Gasteiger partial charge in [-0.25, -0.2) is 4.39 Å². The Morgan fingerprint density at radius 3 is 2.65 bits per heavy atom. The second-order valence-corrected chi connectivity index (χ2v) is 4.37. The van der Waals surface area contributed by atoms with Crippen LogP contribution in [0.4, 0.5) is 4.39 Å². The lowest BCUT2D eigenvalue weighted by molar-refractivity contribution is 0.107. The number of benzene rings is 2. The number of carbonyl (C=O) groups is 1. The minimum absolute atomic E-state index is 0.106. The van der Waals surface area contributed by atoms with Gasteiger partial charge in [-0.05, 0) is 41.4 Å². The molecule has 0 saturated carbocycles. The van der Waals surface area contributed by atoms with Crippen molar-refractivity contribution in [2.75, 3.05) is 7.11 Å². The van der Waals surface area contributed by atoms with Crippen molar-refractivity contribution in [1.29, 1.82) is 0 Å². The molecule has 5 heteroatoms. The summed E-state index contributed by atoms with van der Waals surface area (Å²) in [4.78, 5) is 11.4. The minimum atomic E-state index is -0.641. The van der Waals surface area contributed by atoms with Gasteiger partial charge in [-0.15, -0.1) is 0 Å². The van der Waals surface area contributed by atoms with Crippen molar-refractivity contribution in [1.82, 2.24) is 0 Å². The van der Waals surface area contributed by atoms with Crippen molar-refractivity contribution in [3.05, 3.63) is 59.4 Å². The highest BCUT2D eigenvalue weighted by Gasteiger charge is 2.15. The molecule has 2 aromatic rings. The summed E-state index contributed by atoms with van der Waals surface area (Å²) in [6, 6.07) is 10.9. The fourth-order valence-electron chi connectivity index (χ4n) is 1.76. The van der Waals surface area contributed by atoms with E-state index in [1.54, 1.807) is 30.3 Å². The molecule has 0 N–H and O–H groups in total. The fourth-order valence-corrected chi connectivity index (χ4v) is 1.91. The molecule has 0 aliphatic rings. The maximum atomic E-state index is 13.1. The van der Waals surface area contributed by atoms with Crippen LogP contribution in [0.2, 0.25) is 0 Å². The summed E-state index contributed by atoms with van der Waals surface area (Å²) in [7, 11) is 1.47. The Balaban J connectivity index is 2.26. The molecule has 0 aliphatic carbocycles. The molecule has 0 spiro atoms. The highest BCUT2D eigenvalue weighted by atomic mass is 35.5. The molecule has 0 amide bonds. The molecule has 2 rings (SSSR count). The quantitative estimate of drug-likeness (QED) is 0.787. The van der Waals surface area contributed by atoms with Gasteiger partial charge in [0.2, 0.25) is 0 Å². The van der Waals surface area contributed by atoms with Gasteiger partial charge in [0.1, 0.15) is 12.4 Å². The van der Waals surface area contributed by atoms with Crippen molar-refractivity contribution in [3.63, 3.8) is 0 Å². The number of hydrogen-bond acceptors (Lipinski definition) is 3. The van der Waals surface area contributed by atoms with E-state index in [1.807, 2.05) is 0 Å². The number of methoxy groups -OCH3 is 1. The van der Waals surface area contributed by atoms with Gasteiger partial charge < -0.3 is 9.47 Å². The van der Waals surface area contributed by atoms with Crippen molar-refractivity contribution in [3.8, 4) is 11.5 Å². The van der Waals surface area contributed by atoms with E-state index in [-0.39, 0.29) is 23.7 Å². The van der Waals surface area contributed by atoms with E-state index in [4.69, 9.17) is 21.1 Å². The minimum Gasteiger partial charge on any atom is -0.493 e. The second-order valence-electron chi connectivity index (χ2n) is 4.03. The molecule has 0 aliphatic heterocycles. The Hall–Kier alpha value is -2.07. The summed E-state index contributed by atoms with van der Waals surface area (Å²) in [6.45, 7) is 0.106. The van der Waals surface area contributed by atoms with Crippen LogP contribution in [-0.2, 0) is 6.61 Å². The van der Waals surface area contributed by atoms with E-state index in [9.17, 15) is 9.18 Å². The standard InChI is InChI=1S/C15H12ClFO3/c1-19-13-7-3-6-12(15(16)18)14(13)20-9-10-4-2-5-11(17)8-10/h2-8H,9H2,1H3. The predicted octanol–water partition coefficient (Wildman–Crippen LogP) is 3.79. The maximum absolute atomic E-state index is 13.1. The molecule has 2 aromatic carbocycles. The van der Waals surface area contributed by atoms with Gasteiger partial charge in [0, 0.05) is 0 Å². The van der Waals surface area contributed by atoms with Crippen molar-refractivity contribution >= 4 is 16.8 Å². The molecule has 104 valence electrons. The molecule has 20 heavy (non-hydrogen) atoms. The number of ether oxygens (including phenoxy) is 2. The number of halogens is 2. The van der Waals surface area contributed by atoms with Crippen LogP contribution in [0, 0.1) is 5.82 Å². The van der Waals surface area contributed by atoms with Gasteiger partial charge in [0.15, 0.2) is 11.5 Å². The van der Waals surface area contributed by atoms with Crippen LogP contribution in [0.1, 0.15) is 15.9 Å². The smallest absolute Gasteiger partial charge is 0.256 e. The van der Waals surface area contributed by atoms with E-state index in [0.29, 0.717) is 11.3 Å². The molecule has 0 saturated heterocycles. The fraction of sp³-hybridized carbons (Fsp3) is 0.133. The summed E-state index contributed by atoms with van der Waals surface area (Å²) in [5.74, 6) is 0.298. The average molecular weight is 295 g/mol. The van der Waals surface area contributed by atoms with E-state index in [0.717, 1.165) is 0 Å². The number of para-hydroxylation sites is 1. The summed E-state index contributed by atoms with van der Waals surface area (Å²) in [5, 5.41) is -0.641. The van der Waals surface area contributed by atoms with Crippen molar-refractivity contribution in [2.45, 2.75) is 6.61 Å². The highest BCUT2D eigenvalue weighted by Crippen LogP contribution is 2.32. The van der Waals surface area contributed by atoms with Gasteiger partial charge in [-0.1, -0.05) is 18.2 Å². The van der Waals surface area contributed by atoms with Gasteiger partial charge in [0.25, 0.3) is 5.24 Å². The zero-order valence-electron chi connectivity index (χ0n) is 10.7. The molecule has 0 bridgehead atoms. The molecule has 0 radical (unpaired) electrons. The number of carbonyl (C=O) groups excluding carboxylic acids is 1. The monoisotopic (exact) mass is 294 g/mol. The molecule has 0 unspecified atom stereocenters. The third kappa shape index (κ3) is 3.27. The van der Waals surface area contributed by atoms with Crippen LogP contribution in [0.25, 0.3) is 0 Å². The topological polar surface area (TPSA) is 35.5 Å². The summed E-state index contributed by atoms with van der Waals surface area (Å²) >= 11 is 5.51. The Kier molecular flexibility index (Phi) is 4.58. The van der Waals surface area contributed by atoms with Crippen LogP contribution in [0.3, 0.4) is 0 Å². The zero-order chi connectivity index (χ0) is 14.5. The molecular weight excluding hydrogens is 283 g/mol. The Labute approximate surface area is 120 Å². The number of hydrogen-bond donors (Lipinski definition) is 0. The molecule has 0 fully saturated rings. The molecular formula is C15H12ClFO3. The van der Waals surface area contributed by atoms with Gasteiger partial charge >= 0.3 is 0 Å². The third-order valence-electron chi connectivity index (χ3n) is 2.68. The SMILES string of the molecule is COc1cccc(C(=O)Cl)c1OCc1cccc(F)c1. The van der Waals surface area contributed by atoms with Crippen molar-refractivity contribution in [2.24, 2.45) is 0 Å². The zero-order valence-corrected chi connectivity index (χ0v) is 11.5.